The predicted molar refractivity (Wildman–Crippen MR) is 64.5 cm³/mol. The van der Waals surface area contributed by atoms with Gasteiger partial charge in [0.2, 0.25) is 0 Å². The van der Waals surface area contributed by atoms with Crippen LogP contribution in [-0.4, -0.2) is 59.6 Å². The van der Waals surface area contributed by atoms with Crippen LogP contribution in [0.3, 0.4) is 0 Å². The first-order valence-electron chi connectivity index (χ1n) is 6.06. The van der Waals surface area contributed by atoms with Gasteiger partial charge in [0.05, 0.1) is 6.42 Å². The van der Waals surface area contributed by atoms with Crippen LogP contribution in [0.5, 0.6) is 0 Å². The average Bonchev–Trinajstić information content (AvgIpc) is 2.09. The molecular weight excluding hydrogens is 204 g/mol. The van der Waals surface area contributed by atoms with Crippen molar-refractivity contribution in [3.63, 3.8) is 0 Å². The van der Waals surface area contributed by atoms with E-state index >= 15 is 0 Å². The van der Waals surface area contributed by atoms with Gasteiger partial charge in [-0.3, -0.25) is 9.69 Å². The Bertz CT molecular complexity index is 243. The molecule has 1 fully saturated rings. The van der Waals surface area contributed by atoms with Gasteiger partial charge in [0.15, 0.2) is 0 Å². The van der Waals surface area contributed by atoms with Crippen LogP contribution in [0.1, 0.15) is 27.2 Å². The number of nitrogens with zero attached hydrogens (tertiary/aromatic N) is 2. The monoisotopic (exact) mass is 228 g/mol. The number of carboxylic acids is 1. The Kier molecular flexibility index (Phi) is 4.74. The summed E-state index contributed by atoms with van der Waals surface area (Å²) >= 11 is 0. The number of hydrogen-bond donors (Lipinski definition) is 1. The molecule has 0 aromatic rings. The maximum absolute atomic E-state index is 10.9. The predicted octanol–water partition coefficient (Wildman–Crippen LogP) is 1.12. The molecule has 0 aromatic carbocycles. The second-order valence-electron chi connectivity index (χ2n) is 5.41. The highest BCUT2D eigenvalue weighted by Gasteiger charge is 2.31. The van der Waals surface area contributed by atoms with Gasteiger partial charge in [0, 0.05) is 31.7 Å². The van der Waals surface area contributed by atoms with Gasteiger partial charge in [-0.25, -0.2) is 0 Å². The van der Waals surface area contributed by atoms with Crippen LogP contribution < -0.4 is 0 Å². The SMILES string of the molecule is CC(C)CN1C(C)CN(C)CC1CC(=O)O. The van der Waals surface area contributed by atoms with E-state index in [4.69, 9.17) is 5.11 Å². The number of carboxylic acid groups (broad SMARTS) is 1. The molecule has 0 aliphatic carbocycles. The second kappa shape index (κ2) is 5.64. The number of piperazine rings is 1. The van der Waals surface area contributed by atoms with Gasteiger partial charge in [-0.15, -0.1) is 0 Å². The molecule has 1 heterocycles. The largest absolute Gasteiger partial charge is 0.481 e. The van der Waals surface area contributed by atoms with Crippen molar-refractivity contribution in [3.8, 4) is 0 Å². The lowest BCUT2D eigenvalue weighted by atomic mass is 10.0. The second-order valence-corrected chi connectivity index (χ2v) is 5.41. The van der Waals surface area contributed by atoms with Crippen LogP contribution in [0.25, 0.3) is 0 Å². The molecule has 1 aliphatic rings. The van der Waals surface area contributed by atoms with Crippen LogP contribution in [-0.2, 0) is 4.79 Å². The lowest BCUT2D eigenvalue weighted by Gasteiger charge is -2.45. The number of aliphatic carboxylic acids is 1. The number of rotatable bonds is 4. The van der Waals surface area contributed by atoms with E-state index in [1.54, 1.807) is 0 Å². The van der Waals surface area contributed by atoms with E-state index in [0.29, 0.717) is 12.0 Å². The van der Waals surface area contributed by atoms with E-state index in [0.717, 1.165) is 19.6 Å². The molecule has 0 spiro atoms. The highest BCUT2D eigenvalue weighted by molar-refractivity contribution is 5.67. The van der Waals surface area contributed by atoms with Crippen molar-refractivity contribution in [2.24, 2.45) is 5.92 Å². The van der Waals surface area contributed by atoms with Crippen molar-refractivity contribution in [2.75, 3.05) is 26.7 Å². The van der Waals surface area contributed by atoms with E-state index in [2.05, 4.69) is 37.6 Å². The Morgan fingerprint density at radius 1 is 1.44 bits per heavy atom. The fourth-order valence-corrected chi connectivity index (χ4v) is 2.59. The molecule has 94 valence electrons. The molecule has 16 heavy (non-hydrogen) atoms. The van der Waals surface area contributed by atoms with Gasteiger partial charge in [0.25, 0.3) is 0 Å². The Labute approximate surface area is 98.2 Å². The van der Waals surface area contributed by atoms with Crippen LogP contribution in [0.15, 0.2) is 0 Å². The third-order valence-corrected chi connectivity index (χ3v) is 3.12. The van der Waals surface area contributed by atoms with E-state index in [-0.39, 0.29) is 12.5 Å². The molecule has 4 heteroatoms. The minimum absolute atomic E-state index is 0.161. The molecule has 0 aromatic heterocycles. The summed E-state index contributed by atoms with van der Waals surface area (Å²) in [4.78, 5) is 15.5. The topological polar surface area (TPSA) is 43.8 Å². The van der Waals surface area contributed by atoms with E-state index in [1.807, 2.05) is 0 Å². The zero-order valence-electron chi connectivity index (χ0n) is 10.8. The molecular formula is C12H24N2O2. The number of hydrogen-bond acceptors (Lipinski definition) is 3. The Hall–Kier alpha value is -0.610. The van der Waals surface area contributed by atoms with Crippen molar-refractivity contribution in [3.05, 3.63) is 0 Å². The molecule has 2 atom stereocenters. The molecule has 1 aliphatic heterocycles. The highest BCUT2D eigenvalue weighted by atomic mass is 16.4. The smallest absolute Gasteiger partial charge is 0.304 e. The highest BCUT2D eigenvalue weighted by Crippen LogP contribution is 2.18. The van der Waals surface area contributed by atoms with Crippen molar-refractivity contribution >= 4 is 5.97 Å². The molecule has 0 saturated carbocycles. The molecule has 1 rings (SSSR count). The first kappa shape index (κ1) is 13.5. The average molecular weight is 228 g/mol. The fourth-order valence-electron chi connectivity index (χ4n) is 2.59. The Balaban J connectivity index is 2.68. The van der Waals surface area contributed by atoms with Crippen LogP contribution in [0.4, 0.5) is 0 Å². The summed E-state index contributed by atoms with van der Waals surface area (Å²) in [6.07, 6.45) is 0.251. The summed E-state index contributed by atoms with van der Waals surface area (Å²) in [5.41, 5.74) is 0. The molecule has 0 amide bonds. The van der Waals surface area contributed by atoms with Crippen LogP contribution >= 0.6 is 0 Å². The normalized spacial score (nSPS) is 28.6. The van der Waals surface area contributed by atoms with Gasteiger partial charge in [0.1, 0.15) is 0 Å². The Morgan fingerprint density at radius 2 is 2.06 bits per heavy atom. The lowest BCUT2D eigenvalue weighted by Crippen LogP contribution is -2.57. The molecule has 1 N–H and O–H groups in total. The minimum atomic E-state index is -0.693. The zero-order chi connectivity index (χ0) is 12.3. The fraction of sp³-hybridized carbons (Fsp3) is 0.917. The number of carbonyl (C=O) groups is 1. The van der Waals surface area contributed by atoms with Gasteiger partial charge in [-0.05, 0) is 19.9 Å². The van der Waals surface area contributed by atoms with Crippen molar-refractivity contribution < 1.29 is 9.90 Å². The summed E-state index contributed by atoms with van der Waals surface area (Å²) in [7, 11) is 2.07. The maximum atomic E-state index is 10.9. The molecule has 1 saturated heterocycles. The number of likely N-dealkylation sites (N-methyl/N-ethyl adjacent to an activating group) is 1. The van der Waals surface area contributed by atoms with E-state index < -0.39 is 5.97 Å². The van der Waals surface area contributed by atoms with Crippen LogP contribution in [0.2, 0.25) is 0 Å². The first-order chi connectivity index (χ1) is 7.40. The summed E-state index contributed by atoms with van der Waals surface area (Å²) in [5.74, 6) is -0.108. The summed E-state index contributed by atoms with van der Waals surface area (Å²) in [6, 6.07) is 0.610. The van der Waals surface area contributed by atoms with Crippen molar-refractivity contribution in [2.45, 2.75) is 39.3 Å². The maximum Gasteiger partial charge on any atom is 0.304 e. The summed E-state index contributed by atoms with van der Waals surface area (Å²) < 4.78 is 0. The zero-order valence-corrected chi connectivity index (χ0v) is 10.8. The molecule has 2 unspecified atom stereocenters. The molecule has 4 nitrogen and oxygen atoms in total. The summed E-state index contributed by atoms with van der Waals surface area (Å²) in [5, 5.41) is 8.94. The van der Waals surface area contributed by atoms with E-state index in [1.165, 1.54) is 0 Å². The van der Waals surface area contributed by atoms with Gasteiger partial charge >= 0.3 is 5.97 Å². The third-order valence-electron chi connectivity index (χ3n) is 3.12. The Morgan fingerprint density at radius 3 is 2.56 bits per heavy atom. The molecule has 0 radical (unpaired) electrons. The van der Waals surface area contributed by atoms with Gasteiger partial charge in [-0.2, -0.15) is 0 Å². The van der Waals surface area contributed by atoms with Gasteiger partial charge < -0.3 is 10.0 Å². The standard InChI is InChI=1S/C12H24N2O2/c1-9(2)6-14-10(3)7-13(4)8-11(14)5-12(15)16/h9-11H,5-8H2,1-4H3,(H,15,16). The van der Waals surface area contributed by atoms with Crippen molar-refractivity contribution in [1.82, 2.24) is 9.80 Å². The lowest BCUT2D eigenvalue weighted by molar-refractivity contribution is -0.139. The molecule has 0 bridgehead atoms. The minimum Gasteiger partial charge on any atom is -0.481 e. The van der Waals surface area contributed by atoms with Crippen LogP contribution in [0, 0.1) is 5.92 Å². The van der Waals surface area contributed by atoms with Crippen molar-refractivity contribution in [1.29, 1.82) is 0 Å². The third kappa shape index (κ3) is 3.76. The van der Waals surface area contributed by atoms with E-state index in [9.17, 15) is 4.79 Å². The summed E-state index contributed by atoms with van der Waals surface area (Å²) in [6.45, 7) is 9.44. The first-order valence-corrected chi connectivity index (χ1v) is 6.06. The van der Waals surface area contributed by atoms with Gasteiger partial charge in [-0.1, -0.05) is 13.8 Å². The quantitative estimate of drug-likeness (QED) is 0.783.